The number of rotatable bonds is 1. The standard InChI is InChI=1S/C8H5BrCl2O/c1-4-6(9)2-7(10)5(3-12)8(4)11/h2-3H,1H3. The SMILES string of the molecule is Cc1c(Br)cc(Cl)c(C=O)c1Cl. The zero-order chi connectivity index (χ0) is 9.30. The lowest BCUT2D eigenvalue weighted by Gasteiger charge is -2.05. The van der Waals surface area contributed by atoms with Crippen LogP contribution in [0.2, 0.25) is 10.0 Å². The van der Waals surface area contributed by atoms with E-state index in [4.69, 9.17) is 23.2 Å². The fourth-order valence-corrected chi connectivity index (χ4v) is 2.03. The summed E-state index contributed by atoms with van der Waals surface area (Å²) in [6.07, 6.45) is 0.657. The smallest absolute Gasteiger partial charge is 0.153 e. The van der Waals surface area contributed by atoms with Gasteiger partial charge in [0, 0.05) is 4.47 Å². The molecule has 0 aromatic heterocycles. The molecule has 0 saturated carbocycles. The monoisotopic (exact) mass is 266 g/mol. The van der Waals surface area contributed by atoms with Gasteiger partial charge in [-0.2, -0.15) is 0 Å². The van der Waals surface area contributed by atoms with Gasteiger partial charge in [-0.05, 0) is 18.6 Å². The first-order valence-corrected chi connectivity index (χ1v) is 4.72. The molecule has 0 unspecified atom stereocenters. The van der Waals surface area contributed by atoms with Crippen molar-refractivity contribution in [3.05, 3.63) is 31.7 Å². The predicted octanol–water partition coefficient (Wildman–Crippen LogP) is 3.88. The van der Waals surface area contributed by atoms with Crippen LogP contribution in [0.5, 0.6) is 0 Å². The third-order valence-electron chi connectivity index (χ3n) is 1.55. The second-order valence-electron chi connectivity index (χ2n) is 2.31. The Hall–Kier alpha value is -0.0500. The molecule has 4 heteroatoms. The van der Waals surface area contributed by atoms with Crippen LogP contribution in [0.15, 0.2) is 10.5 Å². The second kappa shape index (κ2) is 3.77. The number of hydrogen-bond acceptors (Lipinski definition) is 1. The van der Waals surface area contributed by atoms with Crippen LogP contribution in [-0.4, -0.2) is 6.29 Å². The van der Waals surface area contributed by atoms with Crippen molar-refractivity contribution < 1.29 is 4.79 Å². The third kappa shape index (κ3) is 1.65. The first-order chi connectivity index (χ1) is 5.57. The number of carbonyl (C=O) groups excluding carboxylic acids is 1. The van der Waals surface area contributed by atoms with Crippen molar-refractivity contribution in [1.29, 1.82) is 0 Å². The van der Waals surface area contributed by atoms with E-state index >= 15 is 0 Å². The number of carbonyl (C=O) groups is 1. The fraction of sp³-hybridized carbons (Fsp3) is 0.125. The Balaban J connectivity index is 3.51. The molecule has 1 nitrogen and oxygen atoms in total. The summed E-state index contributed by atoms with van der Waals surface area (Å²) in [6.45, 7) is 1.82. The van der Waals surface area contributed by atoms with Crippen LogP contribution >= 0.6 is 39.1 Å². The van der Waals surface area contributed by atoms with Crippen molar-refractivity contribution in [3.63, 3.8) is 0 Å². The normalized spacial score (nSPS) is 10.0. The Morgan fingerprint density at radius 1 is 1.50 bits per heavy atom. The Bertz CT molecular complexity index is 336. The molecule has 0 saturated heterocycles. The van der Waals surface area contributed by atoms with Gasteiger partial charge in [0.2, 0.25) is 0 Å². The number of aldehydes is 1. The van der Waals surface area contributed by atoms with Gasteiger partial charge in [-0.3, -0.25) is 4.79 Å². The van der Waals surface area contributed by atoms with E-state index in [-0.39, 0.29) is 0 Å². The molecule has 0 spiro atoms. The lowest BCUT2D eigenvalue weighted by atomic mass is 10.1. The molecule has 1 aromatic carbocycles. The minimum atomic E-state index is 0.346. The lowest BCUT2D eigenvalue weighted by molar-refractivity contribution is 0.112. The van der Waals surface area contributed by atoms with Gasteiger partial charge in [-0.25, -0.2) is 0 Å². The van der Waals surface area contributed by atoms with E-state index in [1.807, 2.05) is 6.92 Å². The fourth-order valence-electron chi connectivity index (χ4n) is 0.817. The summed E-state index contributed by atoms with van der Waals surface area (Å²) < 4.78 is 0.808. The van der Waals surface area contributed by atoms with E-state index in [1.54, 1.807) is 6.07 Å². The van der Waals surface area contributed by atoms with Gasteiger partial charge < -0.3 is 0 Å². The van der Waals surface area contributed by atoms with Crippen LogP contribution < -0.4 is 0 Å². The molecule has 0 radical (unpaired) electrons. The van der Waals surface area contributed by atoms with Crippen LogP contribution in [0, 0.1) is 6.92 Å². The van der Waals surface area contributed by atoms with Crippen molar-refractivity contribution in [1.82, 2.24) is 0 Å². The Morgan fingerprint density at radius 2 is 2.08 bits per heavy atom. The quantitative estimate of drug-likeness (QED) is 0.706. The van der Waals surface area contributed by atoms with E-state index in [2.05, 4.69) is 15.9 Å². The van der Waals surface area contributed by atoms with E-state index in [1.165, 1.54) is 0 Å². The van der Waals surface area contributed by atoms with E-state index in [0.29, 0.717) is 21.9 Å². The molecule has 0 aliphatic carbocycles. The average molecular weight is 268 g/mol. The van der Waals surface area contributed by atoms with Crippen molar-refractivity contribution in [3.8, 4) is 0 Å². The predicted molar refractivity (Wildman–Crippen MR) is 54.3 cm³/mol. The molecule has 0 aliphatic heterocycles. The maximum Gasteiger partial charge on any atom is 0.153 e. The molecule has 1 rings (SSSR count). The minimum Gasteiger partial charge on any atom is -0.298 e. The highest BCUT2D eigenvalue weighted by atomic mass is 79.9. The average Bonchev–Trinajstić information content (AvgIpc) is 2.01. The van der Waals surface area contributed by atoms with Crippen LogP contribution in [-0.2, 0) is 0 Å². The molecule has 1 aromatic rings. The number of benzene rings is 1. The molecule has 12 heavy (non-hydrogen) atoms. The summed E-state index contributed by atoms with van der Waals surface area (Å²) in [5.74, 6) is 0. The molecule has 0 amide bonds. The first kappa shape index (κ1) is 10.0. The molecular weight excluding hydrogens is 263 g/mol. The zero-order valence-electron chi connectivity index (χ0n) is 6.20. The van der Waals surface area contributed by atoms with Gasteiger partial charge in [0.05, 0.1) is 15.6 Å². The van der Waals surface area contributed by atoms with Crippen molar-refractivity contribution >= 4 is 45.4 Å². The van der Waals surface area contributed by atoms with Gasteiger partial charge in [-0.15, -0.1) is 0 Å². The van der Waals surface area contributed by atoms with Gasteiger partial charge in [0.1, 0.15) is 0 Å². The highest BCUT2D eigenvalue weighted by Gasteiger charge is 2.10. The molecule has 64 valence electrons. The van der Waals surface area contributed by atoms with Crippen LogP contribution in [0.1, 0.15) is 15.9 Å². The van der Waals surface area contributed by atoms with Crippen LogP contribution in [0.4, 0.5) is 0 Å². The lowest BCUT2D eigenvalue weighted by Crippen LogP contribution is -1.88. The molecular formula is C8H5BrCl2O. The van der Waals surface area contributed by atoms with Crippen molar-refractivity contribution in [2.24, 2.45) is 0 Å². The highest BCUT2D eigenvalue weighted by molar-refractivity contribution is 9.10. The van der Waals surface area contributed by atoms with E-state index < -0.39 is 0 Å². The largest absolute Gasteiger partial charge is 0.298 e. The van der Waals surface area contributed by atoms with Gasteiger partial charge in [0.25, 0.3) is 0 Å². The van der Waals surface area contributed by atoms with Crippen molar-refractivity contribution in [2.45, 2.75) is 6.92 Å². The maximum absolute atomic E-state index is 10.5. The first-order valence-electron chi connectivity index (χ1n) is 3.17. The molecule has 0 fully saturated rings. The van der Waals surface area contributed by atoms with E-state index in [0.717, 1.165) is 10.0 Å². The maximum atomic E-state index is 10.5. The third-order valence-corrected chi connectivity index (χ3v) is 3.18. The summed E-state index contributed by atoms with van der Waals surface area (Å²) in [4.78, 5) is 10.5. The minimum absolute atomic E-state index is 0.346. The topological polar surface area (TPSA) is 17.1 Å². The molecule has 0 N–H and O–H groups in total. The van der Waals surface area contributed by atoms with Gasteiger partial charge >= 0.3 is 0 Å². The van der Waals surface area contributed by atoms with Gasteiger partial charge in [0.15, 0.2) is 6.29 Å². The molecule has 0 heterocycles. The summed E-state index contributed by atoms with van der Waals surface area (Å²) in [5, 5.41) is 0.775. The van der Waals surface area contributed by atoms with Crippen LogP contribution in [0.25, 0.3) is 0 Å². The van der Waals surface area contributed by atoms with Gasteiger partial charge in [-0.1, -0.05) is 39.1 Å². The summed E-state index contributed by atoms with van der Waals surface area (Å²) >= 11 is 14.9. The Morgan fingerprint density at radius 3 is 2.58 bits per heavy atom. The van der Waals surface area contributed by atoms with E-state index in [9.17, 15) is 4.79 Å². The molecule has 0 bridgehead atoms. The zero-order valence-corrected chi connectivity index (χ0v) is 9.29. The van der Waals surface area contributed by atoms with Crippen molar-refractivity contribution in [2.75, 3.05) is 0 Å². The highest BCUT2D eigenvalue weighted by Crippen LogP contribution is 2.32. The Kier molecular flexibility index (Phi) is 3.16. The summed E-state index contributed by atoms with van der Waals surface area (Å²) in [5.41, 5.74) is 1.17. The molecule has 0 atom stereocenters. The number of halogens is 3. The van der Waals surface area contributed by atoms with Crippen LogP contribution in [0.3, 0.4) is 0 Å². The summed E-state index contributed by atoms with van der Waals surface area (Å²) in [7, 11) is 0. The number of hydrogen-bond donors (Lipinski definition) is 0. The molecule has 0 aliphatic rings. The summed E-state index contributed by atoms with van der Waals surface area (Å²) in [6, 6.07) is 1.66. The Labute approximate surface area is 88.8 Å². The second-order valence-corrected chi connectivity index (χ2v) is 3.95.